The third kappa shape index (κ3) is 4.44. The number of carbonyl (C=O) groups is 1. The maximum Gasteiger partial charge on any atom is 0.411 e. The zero-order valence-corrected chi connectivity index (χ0v) is 12.2. The third-order valence-electron chi connectivity index (χ3n) is 3.91. The molecule has 1 aliphatic carbocycles. The molecule has 1 unspecified atom stereocenters. The molecule has 1 amide bonds. The molecular formula is C16H23NO3. The van der Waals surface area contributed by atoms with Crippen molar-refractivity contribution in [3.63, 3.8) is 0 Å². The summed E-state index contributed by atoms with van der Waals surface area (Å²) < 4.78 is 5.49. The zero-order chi connectivity index (χ0) is 14.6. The Morgan fingerprint density at radius 1 is 1.25 bits per heavy atom. The van der Waals surface area contributed by atoms with E-state index < -0.39 is 6.09 Å². The van der Waals surface area contributed by atoms with Crippen LogP contribution in [0.5, 0.6) is 5.75 Å². The molecular weight excluding hydrogens is 254 g/mol. The molecule has 0 aliphatic heterocycles. The number of phenolic OH excluding ortho intramolecular Hbond substituents is 1. The minimum atomic E-state index is -0.416. The van der Waals surface area contributed by atoms with Gasteiger partial charge in [0.25, 0.3) is 0 Å². The first kappa shape index (κ1) is 14.7. The van der Waals surface area contributed by atoms with Crippen molar-refractivity contribution < 1.29 is 14.6 Å². The van der Waals surface area contributed by atoms with Crippen molar-refractivity contribution in [1.82, 2.24) is 0 Å². The molecule has 110 valence electrons. The SMILES string of the molecule is CC1(C)CCCC(OC(=O)Nc2ccc(O)cc2)CC1. The fraction of sp³-hybridized carbons (Fsp3) is 0.562. The molecule has 0 bridgehead atoms. The maximum atomic E-state index is 11.8. The summed E-state index contributed by atoms with van der Waals surface area (Å²) in [6.45, 7) is 4.54. The number of hydrogen-bond acceptors (Lipinski definition) is 3. The predicted molar refractivity (Wildman–Crippen MR) is 78.9 cm³/mol. The van der Waals surface area contributed by atoms with E-state index in [0.29, 0.717) is 11.1 Å². The molecule has 4 nitrogen and oxygen atoms in total. The summed E-state index contributed by atoms with van der Waals surface area (Å²) in [7, 11) is 0. The first-order valence-corrected chi connectivity index (χ1v) is 7.21. The van der Waals surface area contributed by atoms with Crippen LogP contribution in [-0.4, -0.2) is 17.3 Å². The van der Waals surface area contributed by atoms with E-state index in [0.717, 1.165) is 25.7 Å². The van der Waals surface area contributed by atoms with Gasteiger partial charge in [-0.15, -0.1) is 0 Å². The van der Waals surface area contributed by atoms with Crippen LogP contribution in [0.1, 0.15) is 46.0 Å². The van der Waals surface area contributed by atoms with Gasteiger partial charge in [-0.3, -0.25) is 5.32 Å². The Labute approximate surface area is 120 Å². The molecule has 1 fully saturated rings. The van der Waals surface area contributed by atoms with Gasteiger partial charge in [-0.25, -0.2) is 4.79 Å². The summed E-state index contributed by atoms with van der Waals surface area (Å²) in [5.74, 6) is 0.176. The fourth-order valence-corrected chi connectivity index (χ4v) is 2.59. The van der Waals surface area contributed by atoms with Crippen molar-refractivity contribution in [2.75, 3.05) is 5.32 Å². The van der Waals surface area contributed by atoms with Crippen LogP contribution in [0.2, 0.25) is 0 Å². The largest absolute Gasteiger partial charge is 0.508 e. The van der Waals surface area contributed by atoms with Crippen molar-refractivity contribution in [2.24, 2.45) is 5.41 Å². The lowest BCUT2D eigenvalue weighted by Crippen LogP contribution is -2.22. The maximum absolute atomic E-state index is 11.8. The molecule has 2 N–H and O–H groups in total. The monoisotopic (exact) mass is 277 g/mol. The van der Waals surface area contributed by atoms with Gasteiger partial charge in [0.05, 0.1) is 0 Å². The van der Waals surface area contributed by atoms with Crippen LogP contribution in [0, 0.1) is 5.41 Å². The lowest BCUT2D eigenvalue weighted by molar-refractivity contribution is 0.0990. The van der Waals surface area contributed by atoms with Crippen molar-refractivity contribution >= 4 is 11.8 Å². The van der Waals surface area contributed by atoms with Gasteiger partial charge in [-0.1, -0.05) is 13.8 Å². The number of aromatic hydroxyl groups is 1. The summed E-state index contributed by atoms with van der Waals surface area (Å²) >= 11 is 0. The number of phenols is 1. The molecule has 4 heteroatoms. The highest BCUT2D eigenvalue weighted by Gasteiger charge is 2.26. The van der Waals surface area contributed by atoms with E-state index in [1.807, 2.05) is 0 Å². The molecule has 1 aliphatic rings. The third-order valence-corrected chi connectivity index (χ3v) is 3.91. The second-order valence-corrected chi connectivity index (χ2v) is 6.29. The molecule has 0 saturated heterocycles. The van der Waals surface area contributed by atoms with E-state index >= 15 is 0 Å². The van der Waals surface area contributed by atoms with Crippen molar-refractivity contribution in [1.29, 1.82) is 0 Å². The van der Waals surface area contributed by atoms with Gasteiger partial charge < -0.3 is 9.84 Å². The fourth-order valence-electron chi connectivity index (χ4n) is 2.59. The van der Waals surface area contributed by atoms with Crippen LogP contribution in [0.15, 0.2) is 24.3 Å². The molecule has 0 radical (unpaired) electrons. The average molecular weight is 277 g/mol. The van der Waals surface area contributed by atoms with Crippen LogP contribution in [-0.2, 0) is 4.74 Å². The normalized spacial score (nSPS) is 21.8. The highest BCUT2D eigenvalue weighted by atomic mass is 16.6. The van der Waals surface area contributed by atoms with Crippen molar-refractivity contribution in [3.8, 4) is 5.75 Å². The summed E-state index contributed by atoms with van der Waals surface area (Å²) in [5, 5.41) is 11.9. The van der Waals surface area contributed by atoms with Gasteiger partial charge >= 0.3 is 6.09 Å². The summed E-state index contributed by atoms with van der Waals surface area (Å²) in [5.41, 5.74) is 0.979. The van der Waals surface area contributed by atoms with E-state index in [4.69, 9.17) is 4.74 Å². The van der Waals surface area contributed by atoms with E-state index in [1.54, 1.807) is 12.1 Å². The quantitative estimate of drug-likeness (QED) is 0.626. The Hall–Kier alpha value is -1.71. The molecule has 20 heavy (non-hydrogen) atoms. The molecule has 1 aromatic carbocycles. The van der Waals surface area contributed by atoms with Crippen LogP contribution in [0.25, 0.3) is 0 Å². The van der Waals surface area contributed by atoms with Gasteiger partial charge in [-0.05, 0) is 61.8 Å². The number of ether oxygens (including phenoxy) is 1. The lowest BCUT2D eigenvalue weighted by atomic mass is 9.85. The van der Waals surface area contributed by atoms with Gasteiger partial charge in [-0.2, -0.15) is 0 Å². The Morgan fingerprint density at radius 2 is 1.95 bits per heavy atom. The number of nitrogens with one attached hydrogen (secondary N) is 1. The van der Waals surface area contributed by atoms with Crippen LogP contribution in [0.4, 0.5) is 10.5 Å². The zero-order valence-electron chi connectivity index (χ0n) is 12.2. The van der Waals surface area contributed by atoms with E-state index in [1.165, 1.54) is 18.6 Å². The van der Waals surface area contributed by atoms with Gasteiger partial charge in [0.1, 0.15) is 11.9 Å². The second kappa shape index (κ2) is 6.16. The Morgan fingerprint density at radius 3 is 2.65 bits per heavy atom. The minimum absolute atomic E-state index is 0.00823. The predicted octanol–water partition coefficient (Wildman–Crippen LogP) is 4.30. The van der Waals surface area contributed by atoms with Crippen LogP contribution in [0.3, 0.4) is 0 Å². The molecule has 0 spiro atoms. The molecule has 0 aromatic heterocycles. The number of amides is 1. The lowest BCUT2D eigenvalue weighted by Gasteiger charge is -2.21. The molecule has 1 atom stereocenters. The van der Waals surface area contributed by atoms with E-state index in [9.17, 15) is 9.90 Å². The average Bonchev–Trinajstić information content (AvgIpc) is 2.54. The Kier molecular flexibility index (Phi) is 4.53. The molecule has 1 saturated carbocycles. The number of rotatable bonds is 2. The van der Waals surface area contributed by atoms with Crippen LogP contribution >= 0.6 is 0 Å². The highest BCUT2D eigenvalue weighted by molar-refractivity contribution is 5.84. The highest BCUT2D eigenvalue weighted by Crippen LogP contribution is 2.34. The Balaban J connectivity index is 1.83. The van der Waals surface area contributed by atoms with Gasteiger partial charge in [0.15, 0.2) is 0 Å². The summed E-state index contributed by atoms with van der Waals surface area (Å²) in [6.07, 6.45) is 4.83. The minimum Gasteiger partial charge on any atom is -0.508 e. The number of anilines is 1. The number of carbonyl (C=O) groups excluding carboxylic acids is 1. The van der Waals surface area contributed by atoms with E-state index in [-0.39, 0.29) is 11.9 Å². The smallest absolute Gasteiger partial charge is 0.411 e. The van der Waals surface area contributed by atoms with E-state index in [2.05, 4.69) is 19.2 Å². The Bertz CT molecular complexity index is 453. The molecule has 0 heterocycles. The second-order valence-electron chi connectivity index (χ2n) is 6.29. The van der Waals surface area contributed by atoms with Gasteiger partial charge in [0, 0.05) is 5.69 Å². The molecule has 1 aromatic rings. The molecule has 2 rings (SSSR count). The summed E-state index contributed by atoms with van der Waals surface area (Å²) in [4.78, 5) is 11.8. The van der Waals surface area contributed by atoms with Crippen LogP contribution < -0.4 is 5.32 Å². The number of hydrogen-bond donors (Lipinski definition) is 2. The van der Waals surface area contributed by atoms with Crippen molar-refractivity contribution in [2.45, 2.75) is 52.1 Å². The van der Waals surface area contributed by atoms with Crippen molar-refractivity contribution in [3.05, 3.63) is 24.3 Å². The summed E-state index contributed by atoms with van der Waals surface area (Å²) in [6, 6.07) is 6.35. The first-order chi connectivity index (χ1) is 9.44. The topological polar surface area (TPSA) is 58.6 Å². The standard InChI is InChI=1S/C16H23NO3/c1-16(2)10-3-4-14(9-11-16)20-15(19)17-12-5-7-13(18)8-6-12/h5-8,14,18H,3-4,9-11H2,1-2H3,(H,17,19). The number of benzene rings is 1. The first-order valence-electron chi connectivity index (χ1n) is 7.21. The van der Waals surface area contributed by atoms with Gasteiger partial charge in [0.2, 0.25) is 0 Å².